The van der Waals surface area contributed by atoms with Gasteiger partial charge < -0.3 is 27.4 Å². The molecule has 0 heterocycles. The summed E-state index contributed by atoms with van der Waals surface area (Å²) in [6.07, 6.45) is 0. The van der Waals surface area contributed by atoms with E-state index in [4.69, 9.17) is 0 Å². The summed E-state index contributed by atoms with van der Waals surface area (Å²) in [7, 11) is 0. The van der Waals surface area contributed by atoms with Crippen LogP contribution < -0.4 is 0 Å². The predicted octanol–water partition coefficient (Wildman–Crippen LogP) is -1.36. The molecule has 0 amide bonds. The second-order valence-corrected chi connectivity index (χ2v) is 0. The molecule has 0 aliphatic rings. The van der Waals surface area contributed by atoms with Crippen molar-refractivity contribution in [2.45, 2.75) is 0 Å². The molecule has 0 saturated carbocycles. The molecule has 0 atom stereocenters. The summed E-state index contributed by atoms with van der Waals surface area (Å²) < 4.78 is 0. The zero-order valence-electron chi connectivity index (χ0n) is 4.20. The second kappa shape index (κ2) is 156. The van der Waals surface area contributed by atoms with Crippen LogP contribution in [0.2, 0.25) is 0 Å². The first-order valence-corrected chi connectivity index (χ1v) is 0. The Labute approximate surface area is 108 Å². The number of hydrogen-bond acceptors (Lipinski definition) is 0. The van der Waals surface area contributed by atoms with Gasteiger partial charge in [0, 0.05) is 0 Å². The molecule has 0 aromatic heterocycles. The van der Waals surface area contributed by atoms with E-state index in [2.05, 4.69) is 0 Å². The third-order valence-corrected chi connectivity index (χ3v) is 0. The zero-order valence-corrected chi connectivity index (χ0v) is 13.8. The van der Waals surface area contributed by atoms with Crippen molar-refractivity contribution in [2.75, 3.05) is 0 Å². The van der Waals surface area contributed by atoms with Crippen molar-refractivity contribution in [2.24, 2.45) is 0 Å². The molecule has 0 aromatic carbocycles. The molecule has 1 radical (unpaired) electrons. The maximum absolute atomic E-state index is 0. The van der Waals surface area contributed by atoms with Crippen LogP contribution in [0.4, 0.5) is 0 Å². The zero-order chi connectivity index (χ0) is 0. The van der Waals surface area contributed by atoms with Gasteiger partial charge in [0.15, 0.2) is 0 Å². The van der Waals surface area contributed by atoms with E-state index in [0.717, 1.165) is 0 Å². The molecule has 5 nitrogen and oxygen atoms in total. The van der Waals surface area contributed by atoms with Crippen molar-refractivity contribution >= 4 is 45.6 Å². The summed E-state index contributed by atoms with van der Waals surface area (Å²) in [5.41, 5.74) is 0. The van der Waals surface area contributed by atoms with Crippen LogP contribution in [-0.2, 0) is 63.9 Å². The van der Waals surface area contributed by atoms with Gasteiger partial charge in [-0.2, -0.15) is 0 Å². The molecule has 0 bridgehead atoms. The van der Waals surface area contributed by atoms with Crippen molar-refractivity contribution in [3.8, 4) is 0 Å². The van der Waals surface area contributed by atoms with Crippen molar-refractivity contribution < 1.29 is 63.9 Å². The predicted molar refractivity (Wildman–Crippen MR) is 14.9 cm³/mol. The Morgan fingerprint density at radius 1 is 0.556 bits per heavy atom. The SMILES string of the molecule is [Cu+2].[Ga+3].[In+3].[O-2].[O-2].[O-2].[O-2].[O-2].[Zn+2]. The monoisotopic (exact) mass is 391 g/mol. The van der Waals surface area contributed by atoms with E-state index in [-0.39, 0.29) is 110 Å². The first kappa shape index (κ1) is 208. The number of rotatable bonds is 0. The normalized spacial score (nSPS) is 0. The van der Waals surface area contributed by atoms with Crippen molar-refractivity contribution in [3.05, 3.63) is 0 Å². The largest absolute Gasteiger partial charge is 3.00 e. The van der Waals surface area contributed by atoms with E-state index in [0.29, 0.717) is 0 Å². The van der Waals surface area contributed by atoms with E-state index in [9.17, 15) is 0 Å². The molecule has 9 heteroatoms. The summed E-state index contributed by atoms with van der Waals surface area (Å²) in [5.74, 6) is 0. The van der Waals surface area contributed by atoms with Crippen LogP contribution in [0.1, 0.15) is 0 Å². The third kappa shape index (κ3) is 124. The van der Waals surface area contributed by atoms with Gasteiger partial charge in [-0.05, 0) is 0 Å². The molecule has 0 rings (SSSR count). The fraction of sp³-hybridized carbons (Fsp3) is 0. The van der Waals surface area contributed by atoms with Gasteiger partial charge in [0.25, 0.3) is 0 Å². The van der Waals surface area contributed by atoms with Crippen LogP contribution in [0.3, 0.4) is 0 Å². The Bertz CT molecular complexity index is 16.9. The van der Waals surface area contributed by atoms with Gasteiger partial charge in [-0.25, -0.2) is 0 Å². The quantitative estimate of drug-likeness (QED) is 0.448. The second-order valence-electron chi connectivity index (χ2n) is 0. The van der Waals surface area contributed by atoms with Crippen LogP contribution >= 0.6 is 0 Å². The smallest absolute Gasteiger partial charge is 2.00 e. The van der Waals surface area contributed by atoms with Gasteiger partial charge in [0.1, 0.15) is 0 Å². The molecule has 0 aliphatic heterocycles. The minimum absolute atomic E-state index is 0. The topological polar surface area (TPSA) is 142 Å². The first-order chi connectivity index (χ1) is 0. The summed E-state index contributed by atoms with van der Waals surface area (Å²) in [5, 5.41) is 0. The molecule has 0 unspecified atom stereocenters. The van der Waals surface area contributed by atoms with Crippen LogP contribution in [-0.4, -0.2) is 45.6 Å². The molecule has 0 N–H and O–H groups in total. The van der Waals surface area contributed by atoms with Gasteiger partial charge in [-0.1, -0.05) is 0 Å². The molecule has 0 saturated heterocycles. The average Bonchev–Trinajstić information content (AvgIpc) is 0. The maximum atomic E-state index is 0. The van der Waals surface area contributed by atoms with Crippen LogP contribution in [0.25, 0.3) is 0 Å². The molecular weight excluding hydrogens is 393 g/mol. The molecule has 0 spiro atoms. The van der Waals surface area contributed by atoms with E-state index >= 15 is 0 Å². The summed E-state index contributed by atoms with van der Waals surface area (Å²) >= 11 is 0. The Balaban J connectivity index is 0. The Hall–Kier alpha value is 2.45. The van der Waals surface area contributed by atoms with Crippen LogP contribution in [0, 0.1) is 0 Å². The van der Waals surface area contributed by atoms with Crippen molar-refractivity contribution in [1.82, 2.24) is 0 Å². The van der Waals surface area contributed by atoms with Crippen LogP contribution in [0.5, 0.6) is 0 Å². The van der Waals surface area contributed by atoms with E-state index in [1.54, 1.807) is 0 Å². The molecular formula is CuGaInO5Zn. The fourth-order valence-corrected chi connectivity index (χ4v) is 0. The van der Waals surface area contributed by atoms with E-state index in [1.165, 1.54) is 0 Å². The molecule has 0 aliphatic carbocycles. The van der Waals surface area contributed by atoms with Crippen molar-refractivity contribution in [3.63, 3.8) is 0 Å². The minimum atomic E-state index is 0. The first-order valence-electron chi connectivity index (χ1n) is 0. The molecule has 9 heavy (non-hydrogen) atoms. The fourth-order valence-electron chi connectivity index (χ4n) is 0. The summed E-state index contributed by atoms with van der Waals surface area (Å²) in [6.45, 7) is 0. The molecule has 0 aromatic rings. The Morgan fingerprint density at radius 3 is 0.556 bits per heavy atom. The molecule has 49 valence electrons. The summed E-state index contributed by atoms with van der Waals surface area (Å²) in [6, 6.07) is 0. The van der Waals surface area contributed by atoms with E-state index in [1.807, 2.05) is 0 Å². The van der Waals surface area contributed by atoms with Gasteiger partial charge in [0.2, 0.25) is 0 Å². The van der Waals surface area contributed by atoms with Crippen LogP contribution in [0.15, 0.2) is 0 Å². The Kier molecular flexibility index (Phi) is 3600. The minimum Gasteiger partial charge on any atom is -2.00 e. The third-order valence-electron chi connectivity index (χ3n) is 0. The van der Waals surface area contributed by atoms with Gasteiger partial charge >= 0.3 is 82.2 Å². The molecule has 0 fully saturated rings. The van der Waals surface area contributed by atoms with Crippen molar-refractivity contribution in [1.29, 1.82) is 0 Å². The van der Waals surface area contributed by atoms with Gasteiger partial charge in [-0.3, -0.25) is 0 Å². The van der Waals surface area contributed by atoms with E-state index < -0.39 is 0 Å². The summed E-state index contributed by atoms with van der Waals surface area (Å²) in [4.78, 5) is 0. The number of hydrogen-bond donors (Lipinski definition) is 0. The van der Waals surface area contributed by atoms with Gasteiger partial charge in [0.05, 0.1) is 0 Å². The standard InChI is InChI=1S/Cu.Ga.In.5O.Zn/q+2;2*+3;5*-2;+2. The average molecular weight is 393 g/mol. The van der Waals surface area contributed by atoms with Gasteiger partial charge in [-0.15, -0.1) is 0 Å². The maximum Gasteiger partial charge on any atom is 3.00 e. The Morgan fingerprint density at radius 2 is 0.556 bits per heavy atom.